The van der Waals surface area contributed by atoms with E-state index >= 15 is 0 Å². The highest BCUT2D eigenvalue weighted by Crippen LogP contribution is 2.49. The van der Waals surface area contributed by atoms with Gasteiger partial charge in [0.2, 0.25) is 0 Å². The first kappa shape index (κ1) is 21.8. The monoisotopic (exact) mass is 481 g/mol. The first-order valence-corrected chi connectivity index (χ1v) is 12.6. The van der Waals surface area contributed by atoms with E-state index in [0.29, 0.717) is 5.75 Å². The van der Waals surface area contributed by atoms with Crippen LogP contribution in [-0.4, -0.2) is 22.9 Å². The largest absolute Gasteiger partial charge is 0.480 e. The summed E-state index contributed by atoms with van der Waals surface area (Å²) in [6, 6.07) is 30.4. The molecule has 4 aromatic rings. The van der Waals surface area contributed by atoms with Crippen LogP contribution in [0.1, 0.15) is 33.5 Å². The number of rotatable bonds is 6. The van der Waals surface area contributed by atoms with Crippen molar-refractivity contribution in [1.29, 1.82) is 0 Å². The molecule has 0 bridgehead atoms. The van der Waals surface area contributed by atoms with E-state index in [1.807, 2.05) is 84.9 Å². The van der Waals surface area contributed by atoms with Crippen molar-refractivity contribution in [3.05, 3.63) is 119 Å². The molecule has 35 heavy (non-hydrogen) atoms. The Morgan fingerprint density at radius 2 is 1.11 bits per heavy atom. The Balaban J connectivity index is 1.30. The lowest BCUT2D eigenvalue weighted by atomic mass is 9.94. The van der Waals surface area contributed by atoms with Crippen molar-refractivity contribution in [1.82, 2.24) is 5.32 Å². The van der Waals surface area contributed by atoms with Gasteiger partial charge in [-0.15, -0.1) is 11.8 Å². The summed E-state index contributed by atoms with van der Waals surface area (Å²) in [6.45, 7) is 0. The van der Waals surface area contributed by atoms with E-state index in [1.54, 1.807) is 11.8 Å². The zero-order chi connectivity index (χ0) is 23.8. The van der Waals surface area contributed by atoms with Gasteiger partial charge in [0.15, 0.2) is 0 Å². The lowest BCUT2D eigenvalue weighted by molar-refractivity contribution is -0.139. The van der Waals surface area contributed by atoms with E-state index in [1.165, 1.54) is 0 Å². The molecule has 0 amide bonds. The van der Waals surface area contributed by atoms with Crippen LogP contribution in [0.5, 0.6) is 23.0 Å². The van der Waals surface area contributed by atoms with E-state index < -0.39 is 12.0 Å². The standard InChI is InChI=1S/C29H23NO4S/c31-29(32)22(30-27-18-9-1-5-13-23(18)33-24-14-6-2-10-19(24)27)17-35-28-20-11-3-7-15-25(20)34-26-16-8-4-12-21(26)28/h1-16,22,27-28,30H,17H2,(H,31,32)/t22-/m0/s1. The molecule has 2 N–H and O–H groups in total. The molecule has 2 aliphatic heterocycles. The van der Waals surface area contributed by atoms with E-state index in [2.05, 4.69) is 17.4 Å². The predicted molar refractivity (Wildman–Crippen MR) is 137 cm³/mol. The summed E-state index contributed by atoms with van der Waals surface area (Å²) >= 11 is 1.62. The molecule has 0 spiro atoms. The second-order valence-electron chi connectivity index (χ2n) is 8.56. The summed E-state index contributed by atoms with van der Waals surface area (Å²) in [4.78, 5) is 12.4. The molecule has 6 heteroatoms. The normalized spacial score (nSPS) is 15.0. The molecule has 5 nitrogen and oxygen atoms in total. The Morgan fingerprint density at radius 1 is 0.714 bits per heavy atom. The van der Waals surface area contributed by atoms with Gasteiger partial charge in [-0.25, -0.2) is 0 Å². The fourth-order valence-electron chi connectivity index (χ4n) is 4.72. The van der Waals surface area contributed by atoms with E-state index in [9.17, 15) is 9.90 Å². The van der Waals surface area contributed by atoms with Crippen molar-refractivity contribution in [2.45, 2.75) is 17.3 Å². The number of carbonyl (C=O) groups is 1. The summed E-state index contributed by atoms with van der Waals surface area (Å²) in [5, 5.41) is 13.6. The Morgan fingerprint density at radius 3 is 1.57 bits per heavy atom. The van der Waals surface area contributed by atoms with Crippen LogP contribution in [0.3, 0.4) is 0 Å². The molecule has 2 aliphatic rings. The van der Waals surface area contributed by atoms with Crippen LogP contribution < -0.4 is 14.8 Å². The number of hydrogen-bond donors (Lipinski definition) is 2. The maximum atomic E-state index is 12.4. The molecule has 2 heterocycles. The van der Waals surface area contributed by atoms with Crippen LogP contribution in [0, 0.1) is 0 Å². The second kappa shape index (κ2) is 9.13. The van der Waals surface area contributed by atoms with Gasteiger partial charge in [-0.3, -0.25) is 10.1 Å². The number of para-hydroxylation sites is 4. The molecule has 0 saturated heterocycles. The average Bonchev–Trinajstić information content (AvgIpc) is 2.89. The quantitative estimate of drug-likeness (QED) is 0.325. The molecular formula is C29H23NO4S. The molecule has 4 aromatic carbocycles. The summed E-state index contributed by atoms with van der Waals surface area (Å²) in [7, 11) is 0. The van der Waals surface area contributed by atoms with Gasteiger partial charge in [0.1, 0.15) is 29.0 Å². The number of carboxylic acids is 1. The highest BCUT2D eigenvalue weighted by molar-refractivity contribution is 7.99. The van der Waals surface area contributed by atoms with Gasteiger partial charge < -0.3 is 14.6 Å². The number of thioether (sulfide) groups is 1. The van der Waals surface area contributed by atoms with Crippen LogP contribution in [0.15, 0.2) is 97.1 Å². The molecule has 0 aromatic heterocycles. The minimum Gasteiger partial charge on any atom is -0.480 e. The van der Waals surface area contributed by atoms with Gasteiger partial charge in [0.05, 0.1) is 11.3 Å². The van der Waals surface area contributed by atoms with Gasteiger partial charge in [-0.2, -0.15) is 0 Å². The van der Waals surface area contributed by atoms with Crippen molar-refractivity contribution in [3.8, 4) is 23.0 Å². The SMILES string of the molecule is O=C(O)[C@H](CSC1c2ccccc2Oc2ccccc21)NC1c2ccccc2Oc2ccccc21. The van der Waals surface area contributed by atoms with Gasteiger partial charge in [-0.05, 0) is 24.3 Å². The third kappa shape index (κ3) is 4.05. The second-order valence-corrected chi connectivity index (χ2v) is 9.70. The number of benzene rings is 4. The fourth-order valence-corrected chi connectivity index (χ4v) is 6.09. The maximum absolute atomic E-state index is 12.4. The number of fused-ring (bicyclic) bond motifs is 4. The molecule has 0 radical (unpaired) electrons. The van der Waals surface area contributed by atoms with Gasteiger partial charge >= 0.3 is 5.97 Å². The van der Waals surface area contributed by atoms with E-state index in [0.717, 1.165) is 45.3 Å². The fraction of sp³-hybridized carbons (Fsp3) is 0.138. The Kier molecular flexibility index (Phi) is 5.68. The molecule has 0 aliphatic carbocycles. The molecule has 1 atom stereocenters. The highest BCUT2D eigenvalue weighted by atomic mass is 32.2. The summed E-state index contributed by atoms with van der Waals surface area (Å²) in [5.41, 5.74) is 3.98. The molecule has 0 fully saturated rings. The van der Waals surface area contributed by atoms with Crippen molar-refractivity contribution >= 4 is 17.7 Å². The lowest BCUT2D eigenvalue weighted by Crippen LogP contribution is -2.42. The Hall–Kier alpha value is -3.74. The van der Waals surface area contributed by atoms with Crippen molar-refractivity contribution in [3.63, 3.8) is 0 Å². The molecule has 0 unspecified atom stereocenters. The Bertz CT molecular complexity index is 1310. The summed E-state index contributed by atoms with van der Waals surface area (Å²) in [6.07, 6.45) is 0. The lowest BCUT2D eigenvalue weighted by Gasteiger charge is -2.32. The van der Waals surface area contributed by atoms with Gasteiger partial charge in [-0.1, -0.05) is 72.8 Å². The third-order valence-electron chi connectivity index (χ3n) is 6.40. The summed E-state index contributed by atoms with van der Waals surface area (Å²) in [5.74, 6) is 2.62. The zero-order valence-corrected chi connectivity index (χ0v) is 19.6. The highest BCUT2D eigenvalue weighted by Gasteiger charge is 2.33. The third-order valence-corrected chi connectivity index (χ3v) is 7.77. The number of aliphatic carboxylic acids is 1. The minimum absolute atomic E-state index is 0.0194. The van der Waals surface area contributed by atoms with Crippen molar-refractivity contribution in [2.75, 3.05) is 5.75 Å². The number of carboxylic acid groups (broad SMARTS) is 1. The molecular weight excluding hydrogens is 458 g/mol. The smallest absolute Gasteiger partial charge is 0.321 e. The predicted octanol–water partition coefficient (Wildman–Crippen LogP) is 6.55. The van der Waals surface area contributed by atoms with Crippen molar-refractivity contribution in [2.24, 2.45) is 0 Å². The molecule has 174 valence electrons. The van der Waals surface area contributed by atoms with Crippen LogP contribution >= 0.6 is 11.8 Å². The average molecular weight is 482 g/mol. The topological polar surface area (TPSA) is 67.8 Å². The first-order valence-electron chi connectivity index (χ1n) is 11.5. The maximum Gasteiger partial charge on any atom is 0.321 e. The van der Waals surface area contributed by atoms with Crippen LogP contribution in [0.2, 0.25) is 0 Å². The Labute approximate surface area is 207 Å². The number of hydrogen-bond acceptors (Lipinski definition) is 5. The molecule has 0 saturated carbocycles. The van der Waals surface area contributed by atoms with Crippen LogP contribution in [0.4, 0.5) is 0 Å². The first-order chi connectivity index (χ1) is 17.2. The minimum atomic E-state index is -0.882. The summed E-state index contributed by atoms with van der Waals surface area (Å²) < 4.78 is 12.2. The van der Waals surface area contributed by atoms with Crippen LogP contribution in [0.25, 0.3) is 0 Å². The van der Waals surface area contributed by atoms with E-state index in [4.69, 9.17) is 9.47 Å². The van der Waals surface area contributed by atoms with Gasteiger partial charge in [0, 0.05) is 28.0 Å². The number of ether oxygens (including phenoxy) is 2. The van der Waals surface area contributed by atoms with Crippen molar-refractivity contribution < 1.29 is 19.4 Å². The van der Waals surface area contributed by atoms with Gasteiger partial charge in [0.25, 0.3) is 0 Å². The molecule has 6 rings (SSSR count). The number of nitrogens with one attached hydrogen (secondary N) is 1. The van der Waals surface area contributed by atoms with Crippen LogP contribution in [-0.2, 0) is 4.79 Å². The van der Waals surface area contributed by atoms with E-state index in [-0.39, 0.29) is 11.3 Å². The zero-order valence-electron chi connectivity index (χ0n) is 18.8.